The lowest BCUT2D eigenvalue weighted by Gasteiger charge is -2.36. The molecular weight excluding hydrogens is 300 g/mol. The average molecular weight is 345 g/mol. The maximum absolute atomic E-state index is 3.82. The third-order valence-electron chi connectivity index (χ3n) is 7.60. The summed E-state index contributed by atoms with van der Waals surface area (Å²) in [5, 5.41) is 0. The molecule has 1 fully saturated rings. The Morgan fingerprint density at radius 2 is 1.88 bits per heavy atom. The molecule has 0 N–H and O–H groups in total. The fraction of sp³-hybridized carbons (Fsp3) is 0.880. The third kappa shape index (κ3) is 5.75. The zero-order chi connectivity index (χ0) is 18.2. The fourth-order valence-corrected chi connectivity index (χ4v) is 5.57. The number of hydrogen-bond donors (Lipinski definition) is 0. The van der Waals surface area contributed by atoms with Gasteiger partial charge in [-0.1, -0.05) is 73.1 Å². The maximum Gasteiger partial charge on any atom is -0.00990 e. The highest BCUT2D eigenvalue weighted by Crippen LogP contribution is 2.42. The van der Waals surface area contributed by atoms with E-state index in [4.69, 9.17) is 0 Å². The molecule has 0 saturated heterocycles. The summed E-state index contributed by atoms with van der Waals surface area (Å²) in [4.78, 5) is 0. The van der Waals surface area contributed by atoms with Crippen LogP contribution in [0.25, 0.3) is 0 Å². The molecule has 0 heteroatoms. The predicted molar refractivity (Wildman–Crippen MR) is 112 cm³/mol. The van der Waals surface area contributed by atoms with Crippen LogP contribution in [0.3, 0.4) is 0 Å². The quantitative estimate of drug-likeness (QED) is 0.408. The Hall–Kier alpha value is -0.480. The Morgan fingerprint density at radius 3 is 2.44 bits per heavy atom. The van der Waals surface area contributed by atoms with Crippen LogP contribution >= 0.6 is 0 Å². The minimum atomic E-state index is 0.798. The van der Waals surface area contributed by atoms with Gasteiger partial charge in [-0.15, -0.1) is 5.73 Å². The molecule has 0 spiro atoms. The summed E-state index contributed by atoms with van der Waals surface area (Å²) < 4.78 is 0. The molecule has 2 rings (SSSR count). The zero-order valence-electron chi connectivity index (χ0n) is 17.8. The number of rotatable bonds is 7. The molecular formula is C25H44. The predicted octanol–water partition coefficient (Wildman–Crippen LogP) is 8.18. The molecule has 0 aromatic carbocycles. The molecule has 0 nitrogen and oxygen atoms in total. The van der Waals surface area contributed by atoms with Crippen molar-refractivity contribution in [2.75, 3.05) is 0 Å². The van der Waals surface area contributed by atoms with Crippen LogP contribution in [0, 0.1) is 35.5 Å². The van der Waals surface area contributed by atoms with Crippen LogP contribution in [0.4, 0.5) is 0 Å². The van der Waals surface area contributed by atoms with Crippen LogP contribution in [0.2, 0.25) is 0 Å². The fourth-order valence-electron chi connectivity index (χ4n) is 5.57. The molecule has 5 unspecified atom stereocenters. The van der Waals surface area contributed by atoms with E-state index in [2.05, 4.69) is 46.4 Å². The summed E-state index contributed by atoms with van der Waals surface area (Å²) >= 11 is 0. The van der Waals surface area contributed by atoms with Crippen LogP contribution < -0.4 is 0 Å². The van der Waals surface area contributed by atoms with E-state index in [1.165, 1.54) is 70.6 Å². The number of allylic oxidation sites excluding steroid dienone is 1. The first-order valence-corrected chi connectivity index (χ1v) is 11.5. The minimum Gasteiger partial charge on any atom is -0.126 e. The van der Waals surface area contributed by atoms with Crippen molar-refractivity contribution in [3.63, 3.8) is 0 Å². The van der Waals surface area contributed by atoms with Crippen molar-refractivity contribution in [3.05, 3.63) is 17.4 Å². The van der Waals surface area contributed by atoms with E-state index < -0.39 is 0 Å². The van der Waals surface area contributed by atoms with Gasteiger partial charge in [-0.25, -0.2) is 0 Å². The van der Waals surface area contributed by atoms with Gasteiger partial charge in [-0.3, -0.25) is 0 Å². The lowest BCUT2D eigenvalue weighted by Crippen LogP contribution is -2.26. The highest BCUT2D eigenvalue weighted by atomic mass is 14.4. The molecule has 0 bridgehead atoms. The van der Waals surface area contributed by atoms with E-state index in [1.807, 2.05) is 0 Å². The Morgan fingerprint density at radius 1 is 1.12 bits per heavy atom. The first-order valence-electron chi connectivity index (χ1n) is 11.5. The van der Waals surface area contributed by atoms with Crippen LogP contribution in [-0.4, -0.2) is 0 Å². The van der Waals surface area contributed by atoms with Gasteiger partial charge in [-0.05, 0) is 79.3 Å². The summed E-state index contributed by atoms with van der Waals surface area (Å²) in [5.74, 6) is 5.31. The van der Waals surface area contributed by atoms with Crippen molar-refractivity contribution in [3.8, 4) is 0 Å². The summed E-state index contributed by atoms with van der Waals surface area (Å²) in [6, 6.07) is 0. The lowest BCUT2D eigenvalue weighted by molar-refractivity contribution is 0.173. The average Bonchev–Trinajstić information content (AvgIpc) is 2.56. The van der Waals surface area contributed by atoms with Crippen LogP contribution in [0.5, 0.6) is 0 Å². The molecule has 5 atom stereocenters. The van der Waals surface area contributed by atoms with Crippen LogP contribution in [0.1, 0.15) is 105 Å². The van der Waals surface area contributed by atoms with Crippen molar-refractivity contribution >= 4 is 0 Å². The first kappa shape index (κ1) is 20.8. The molecule has 144 valence electrons. The van der Waals surface area contributed by atoms with E-state index in [1.54, 1.807) is 5.57 Å². The summed E-state index contributed by atoms with van der Waals surface area (Å²) in [5.41, 5.74) is 5.45. The Bertz CT molecular complexity index is 435. The van der Waals surface area contributed by atoms with Crippen molar-refractivity contribution in [1.82, 2.24) is 0 Å². The minimum absolute atomic E-state index is 0.798. The molecule has 25 heavy (non-hydrogen) atoms. The molecule has 0 heterocycles. The van der Waals surface area contributed by atoms with E-state index in [-0.39, 0.29) is 0 Å². The SMILES string of the molecule is CCCC(C)C1CCC(C)C(CC2CCC2)C(CC)=C=CCC1CC. The van der Waals surface area contributed by atoms with Gasteiger partial charge in [0.1, 0.15) is 0 Å². The summed E-state index contributed by atoms with van der Waals surface area (Å²) in [6.07, 6.45) is 17.7. The Labute approximate surface area is 158 Å². The molecule has 0 aliphatic heterocycles. The van der Waals surface area contributed by atoms with E-state index in [0.29, 0.717) is 0 Å². The van der Waals surface area contributed by atoms with E-state index in [9.17, 15) is 0 Å². The van der Waals surface area contributed by atoms with Crippen LogP contribution in [-0.2, 0) is 0 Å². The standard InChI is InChI=1S/C25H44/c1-6-11-19(4)24-17-16-20(5)25(18-21-12-9-13-21)23(8-3)15-10-14-22(24)7-2/h10,19-22,24-25H,6-9,11-14,16-18H2,1-5H3. The van der Waals surface area contributed by atoms with Crippen molar-refractivity contribution in [2.24, 2.45) is 35.5 Å². The Kier molecular flexibility index (Phi) is 8.84. The van der Waals surface area contributed by atoms with E-state index in [0.717, 1.165) is 35.5 Å². The molecule has 2 aliphatic carbocycles. The molecule has 1 saturated carbocycles. The topological polar surface area (TPSA) is 0 Å². The largest absolute Gasteiger partial charge is 0.126 e. The van der Waals surface area contributed by atoms with Crippen molar-refractivity contribution in [2.45, 2.75) is 105 Å². The zero-order valence-corrected chi connectivity index (χ0v) is 17.8. The second-order valence-corrected chi connectivity index (χ2v) is 9.25. The monoisotopic (exact) mass is 344 g/mol. The van der Waals surface area contributed by atoms with Gasteiger partial charge in [0.2, 0.25) is 0 Å². The second kappa shape index (κ2) is 10.6. The second-order valence-electron chi connectivity index (χ2n) is 9.25. The van der Waals surface area contributed by atoms with Gasteiger partial charge in [0.15, 0.2) is 0 Å². The maximum atomic E-state index is 3.82. The van der Waals surface area contributed by atoms with Gasteiger partial charge in [0, 0.05) is 0 Å². The highest BCUT2D eigenvalue weighted by Gasteiger charge is 2.30. The molecule has 0 amide bonds. The molecule has 2 aliphatic rings. The van der Waals surface area contributed by atoms with Gasteiger partial charge < -0.3 is 0 Å². The van der Waals surface area contributed by atoms with Crippen molar-refractivity contribution in [1.29, 1.82) is 0 Å². The molecule has 0 aromatic rings. The van der Waals surface area contributed by atoms with Gasteiger partial charge in [-0.2, -0.15) is 0 Å². The highest BCUT2D eigenvalue weighted by molar-refractivity contribution is 5.09. The normalized spacial score (nSPS) is 32.8. The smallest absolute Gasteiger partial charge is 0.00990 e. The molecule has 0 aromatic heterocycles. The Balaban J connectivity index is 2.20. The number of hydrogen-bond acceptors (Lipinski definition) is 0. The van der Waals surface area contributed by atoms with Gasteiger partial charge >= 0.3 is 0 Å². The first-order chi connectivity index (χ1) is 12.1. The third-order valence-corrected chi connectivity index (χ3v) is 7.60. The summed E-state index contributed by atoms with van der Waals surface area (Å²) in [7, 11) is 0. The van der Waals surface area contributed by atoms with Crippen LogP contribution in [0.15, 0.2) is 17.4 Å². The summed E-state index contributed by atoms with van der Waals surface area (Å²) in [6.45, 7) is 12.2. The van der Waals surface area contributed by atoms with Crippen molar-refractivity contribution < 1.29 is 0 Å². The van der Waals surface area contributed by atoms with Gasteiger partial charge in [0.25, 0.3) is 0 Å². The van der Waals surface area contributed by atoms with Gasteiger partial charge in [0.05, 0.1) is 0 Å². The lowest BCUT2D eigenvalue weighted by atomic mass is 9.69. The van der Waals surface area contributed by atoms with E-state index >= 15 is 0 Å². The molecule has 0 radical (unpaired) electrons.